The van der Waals surface area contributed by atoms with E-state index in [1.165, 1.54) is 31.7 Å². The van der Waals surface area contributed by atoms with Crippen LogP contribution in [0.5, 0.6) is 5.75 Å². The van der Waals surface area contributed by atoms with Gasteiger partial charge in [-0.25, -0.2) is 4.79 Å². The summed E-state index contributed by atoms with van der Waals surface area (Å²) in [5.41, 5.74) is -0.0149. The normalized spacial score (nSPS) is 12.2. The van der Waals surface area contributed by atoms with E-state index >= 15 is 0 Å². The summed E-state index contributed by atoms with van der Waals surface area (Å²) < 4.78 is 10.5. The van der Waals surface area contributed by atoms with Gasteiger partial charge >= 0.3 is 11.6 Å². The van der Waals surface area contributed by atoms with Gasteiger partial charge in [0.2, 0.25) is 0 Å². The fourth-order valence-corrected chi connectivity index (χ4v) is 3.21. The maximum atomic E-state index is 12.0. The van der Waals surface area contributed by atoms with Crippen LogP contribution in [0.4, 0.5) is 0 Å². The number of benzene rings is 1. The Balaban J connectivity index is 1.52. The number of rotatable bonds is 15. The maximum absolute atomic E-state index is 12.0. The molecule has 0 amide bonds. The molecule has 4 heteroatoms. The van der Waals surface area contributed by atoms with Crippen LogP contribution in [-0.2, 0) is 4.79 Å². The number of allylic oxidation sites excluding steroid dienone is 8. The van der Waals surface area contributed by atoms with Gasteiger partial charge in [-0.2, -0.15) is 0 Å². The fraction of sp³-hybridized carbons (Fsp3) is 0.379. The lowest BCUT2D eigenvalue weighted by Crippen LogP contribution is -2.07. The van der Waals surface area contributed by atoms with Crippen LogP contribution in [0.3, 0.4) is 0 Å². The molecule has 1 heterocycles. The van der Waals surface area contributed by atoms with Crippen LogP contribution in [0.15, 0.2) is 88.2 Å². The van der Waals surface area contributed by atoms with Crippen molar-refractivity contribution in [1.29, 1.82) is 0 Å². The Morgan fingerprint density at radius 2 is 1.42 bits per heavy atom. The summed E-state index contributed by atoms with van der Waals surface area (Å²) in [7, 11) is 0. The summed E-state index contributed by atoms with van der Waals surface area (Å²) in [6, 6.07) is 8.08. The molecule has 0 saturated heterocycles. The van der Waals surface area contributed by atoms with E-state index in [0.717, 1.165) is 37.5 Å². The van der Waals surface area contributed by atoms with Gasteiger partial charge in [0.15, 0.2) is 0 Å². The molecule has 176 valence electrons. The standard InChI is InChI=1S/C29H36O4/c1-2-3-4-5-6-7-8-9-10-11-12-13-14-15-16-17-18-19-28(30)32-26-22-20-25-21-23-29(31)33-27(25)24-26/h6-7,9-10,12-13,15-16,20-24H,2-5,8,11,14,17-19H2,1H3/b7-6+,10-9+,13-12+,16-15+. The molecule has 0 atom stereocenters. The molecule has 0 aliphatic rings. The van der Waals surface area contributed by atoms with E-state index in [1.807, 2.05) is 0 Å². The number of ether oxygens (including phenoxy) is 1. The summed E-state index contributed by atoms with van der Waals surface area (Å²) in [6.45, 7) is 2.23. The Morgan fingerprint density at radius 1 is 0.818 bits per heavy atom. The van der Waals surface area contributed by atoms with Gasteiger partial charge in [0.05, 0.1) is 0 Å². The first-order valence-corrected chi connectivity index (χ1v) is 12.0. The first kappa shape index (κ1) is 26.1. The van der Waals surface area contributed by atoms with Crippen LogP contribution in [0.1, 0.15) is 71.1 Å². The van der Waals surface area contributed by atoms with Gasteiger partial charge < -0.3 is 9.15 Å². The topological polar surface area (TPSA) is 56.5 Å². The van der Waals surface area contributed by atoms with E-state index in [1.54, 1.807) is 24.3 Å². The molecule has 0 unspecified atom stereocenters. The van der Waals surface area contributed by atoms with Gasteiger partial charge in [-0.15, -0.1) is 0 Å². The molecule has 0 N–H and O–H groups in total. The molecule has 2 aromatic rings. The first-order valence-electron chi connectivity index (χ1n) is 12.0. The van der Waals surface area contributed by atoms with Gasteiger partial charge in [0, 0.05) is 23.9 Å². The Labute approximate surface area is 197 Å². The maximum Gasteiger partial charge on any atom is 0.336 e. The van der Waals surface area contributed by atoms with Crippen molar-refractivity contribution < 1.29 is 13.9 Å². The van der Waals surface area contributed by atoms with Crippen molar-refractivity contribution in [2.24, 2.45) is 0 Å². The van der Waals surface area contributed by atoms with Gasteiger partial charge in [0.1, 0.15) is 11.3 Å². The highest BCUT2D eigenvalue weighted by molar-refractivity contribution is 5.79. The molecule has 33 heavy (non-hydrogen) atoms. The first-order chi connectivity index (χ1) is 16.2. The van der Waals surface area contributed by atoms with E-state index in [9.17, 15) is 9.59 Å². The smallest absolute Gasteiger partial charge is 0.336 e. The van der Waals surface area contributed by atoms with E-state index < -0.39 is 5.63 Å². The second kappa shape index (κ2) is 16.5. The molecule has 4 nitrogen and oxygen atoms in total. The fourth-order valence-electron chi connectivity index (χ4n) is 3.21. The highest BCUT2D eigenvalue weighted by atomic mass is 16.5. The number of carbonyl (C=O) groups excluding carboxylic acids is 1. The number of esters is 1. The molecular weight excluding hydrogens is 412 g/mol. The zero-order valence-electron chi connectivity index (χ0n) is 19.7. The second-order valence-corrected chi connectivity index (χ2v) is 7.91. The minimum Gasteiger partial charge on any atom is -0.426 e. The summed E-state index contributed by atoms with van der Waals surface area (Å²) in [5, 5.41) is 0.787. The Hall–Kier alpha value is -3.14. The summed E-state index contributed by atoms with van der Waals surface area (Å²) in [6.07, 6.45) is 27.4. The third-order valence-corrected chi connectivity index (χ3v) is 5.04. The largest absolute Gasteiger partial charge is 0.426 e. The van der Waals surface area contributed by atoms with Gasteiger partial charge in [0.25, 0.3) is 0 Å². The van der Waals surface area contributed by atoms with Gasteiger partial charge in [-0.05, 0) is 63.1 Å². The Kier molecular flexibility index (Phi) is 13.0. The van der Waals surface area contributed by atoms with Crippen LogP contribution in [0.25, 0.3) is 11.0 Å². The molecule has 0 aliphatic carbocycles. The monoisotopic (exact) mass is 448 g/mol. The average molecular weight is 449 g/mol. The molecular formula is C29H36O4. The summed E-state index contributed by atoms with van der Waals surface area (Å²) in [4.78, 5) is 23.3. The molecule has 1 aromatic carbocycles. The van der Waals surface area contributed by atoms with Crippen molar-refractivity contribution >= 4 is 16.9 Å². The molecule has 0 aliphatic heterocycles. The average Bonchev–Trinajstić information content (AvgIpc) is 2.81. The quantitative estimate of drug-likeness (QED) is 0.0915. The van der Waals surface area contributed by atoms with Crippen molar-refractivity contribution in [2.75, 3.05) is 0 Å². The highest BCUT2D eigenvalue weighted by Crippen LogP contribution is 2.20. The van der Waals surface area contributed by atoms with E-state index in [2.05, 4.69) is 55.5 Å². The minimum absolute atomic E-state index is 0.288. The van der Waals surface area contributed by atoms with E-state index in [4.69, 9.17) is 9.15 Å². The third kappa shape index (κ3) is 11.9. The minimum atomic E-state index is -0.426. The SMILES string of the molecule is CCCCC/C=C/C/C=C/C/C=C/C/C=C/CCCC(=O)Oc1ccc2ccc(=O)oc2c1. The number of hydrogen-bond donors (Lipinski definition) is 0. The Bertz CT molecular complexity index is 1010. The van der Waals surface area contributed by atoms with Crippen molar-refractivity contribution in [3.05, 3.63) is 89.4 Å². The molecule has 0 spiro atoms. The van der Waals surface area contributed by atoms with Crippen LogP contribution in [0.2, 0.25) is 0 Å². The lowest BCUT2D eigenvalue weighted by Gasteiger charge is -2.04. The lowest BCUT2D eigenvalue weighted by molar-refractivity contribution is -0.134. The molecule has 2 rings (SSSR count). The predicted octanol–water partition coefficient (Wildman–Crippen LogP) is 7.84. The lowest BCUT2D eigenvalue weighted by atomic mass is 10.2. The molecule has 0 fully saturated rings. The molecule has 0 radical (unpaired) electrons. The van der Waals surface area contributed by atoms with Gasteiger partial charge in [-0.1, -0.05) is 68.4 Å². The van der Waals surface area contributed by atoms with E-state index in [-0.39, 0.29) is 5.97 Å². The number of hydrogen-bond acceptors (Lipinski definition) is 4. The van der Waals surface area contributed by atoms with Crippen molar-refractivity contribution in [2.45, 2.75) is 71.1 Å². The van der Waals surface area contributed by atoms with Crippen LogP contribution in [0, 0.1) is 0 Å². The van der Waals surface area contributed by atoms with Gasteiger partial charge in [-0.3, -0.25) is 4.79 Å². The molecule has 0 saturated carbocycles. The van der Waals surface area contributed by atoms with Crippen LogP contribution < -0.4 is 10.4 Å². The summed E-state index contributed by atoms with van der Waals surface area (Å²) >= 11 is 0. The highest BCUT2D eigenvalue weighted by Gasteiger charge is 2.06. The predicted molar refractivity (Wildman–Crippen MR) is 137 cm³/mol. The van der Waals surface area contributed by atoms with Crippen LogP contribution >= 0.6 is 0 Å². The number of unbranched alkanes of at least 4 members (excludes halogenated alkanes) is 4. The zero-order chi connectivity index (χ0) is 23.6. The summed E-state index contributed by atoms with van der Waals surface area (Å²) in [5.74, 6) is 0.100. The zero-order valence-corrected chi connectivity index (χ0v) is 19.7. The van der Waals surface area contributed by atoms with Crippen molar-refractivity contribution in [3.8, 4) is 5.75 Å². The van der Waals surface area contributed by atoms with E-state index in [0.29, 0.717) is 17.8 Å². The van der Waals surface area contributed by atoms with Crippen molar-refractivity contribution in [1.82, 2.24) is 0 Å². The molecule has 0 bridgehead atoms. The van der Waals surface area contributed by atoms with Crippen LogP contribution in [-0.4, -0.2) is 5.97 Å². The number of fused-ring (bicyclic) bond motifs is 1. The Morgan fingerprint density at radius 3 is 2.09 bits per heavy atom. The third-order valence-electron chi connectivity index (χ3n) is 5.04. The molecule has 1 aromatic heterocycles. The van der Waals surface area contributed by atoms with Crippen molar-refractivity contribution in [3.63, 3.8) is 0 Å². The number of carbonyl (C=O) groups is 1. The second-order valence-electron chi connectivity index (χ2n) is 7.91.